The van der Waals surface area contributed by atoms with Crippen molar-refractivity contribution in [3.63, 3.8) is 0 Å². The third-order valence-corrected chi connectivity index (χ3v) is 3.69. The summed E-state index contributed by atoms with van der Waals surface area (Å²) in [6.45, 7) is 0.797. The number of nitrogen functional groups attached to an aromatic ring is 1. The molecule has 2 aromatic rings. The summed E-state index contributed by atoms with van der Waals surface area (Å²) in [5.74, 6) is -0.232. The van der Waals surface area contributed by atoms with E-state index in [1.54, 1.807) is 18.5 Å². The molecule has 1 aliphatic heterocycles. The molecule has 1 aromatic heterocycles. The van der Waals surface area contributed by atoms with E-state index in [2.05, 4.69) is 20.9 Å². The minimum absolute atomic E-state index is 0.232. The quantitative estimate of drug-likeness (QED) is 0.879. The molecule has 1 aromatic carbocycles. The molecule has 0 aliphatic carbocycles. The van der Waals surface area contributed by atoms with Gasteiger partial charge in [0.2, 0.25) is 0 Å². The first-order valence-electron chi connectivity index (χ1n) is 5.62. The van der Waals surface area contributed by atoms with Gasteiger partial charge in [-0.25, -0.2) is 4.39 Å². The molecular weight excluding hydrogens is 297 g/mol. The molecule has 0 radical (unpaired) electrons. The molecule has 92 valence electrons. The highest BCUT2D eigenvalue weighted by molar-refractivity contribution is 9.10. The van der Waals surface area contributed by atoms with E-state index in [0.29, 0.717) is 5.69 Å². The lowest BCUT2D eigenvalue weighted by molar-refractivity contribution is 0.628. The van der Waals surface area contributed by atoms with E-state index < -0.39 is 0 Å². The summed E-state index contributed by atoms with van der Waals surface area (Å²) in [6.07, 6.45) is 4.20. The number of anilines is 3. The van der Waals surface area contributed by atoms with Crippen LogP contribution in [0.3, 0.4) is 0 Å². The second-order valence-corrected chi connectivity index (χ2v) is 5.09. The number of hydrogen-bond donors (Lipinski definition) is 1. The van der Waals surface area contributed by atoms with Crippen LogP contribution in [0.5, 0.6) is 0 Å². The van der Waals surface area contributed by atoms with Crippen molar-refractivity contribution < 1.29 is 4.39 Å². The average molecular weight is 308 g/mol. The van der Waals surface area contributed by atoms with E-state index in [1.807, 2.05) is 11.0 Å². The van der Waals surface area contributed by atoms with Gasteiger partial charge in [-0.15, -0.1) is 0 Å². The molecule has 0 unspecified atom stereocenters. The van der Waals surface area contributed by atoms with Crippen LogP contribution in [0.1, 0.15) is 5.56 Å². The summed E-state index contributed by atoms with van der Waals surface area (Å²) in [5.41, 5.74) is 9.43. The summed E-state index contributed by atoms with van der Waals surface area (Å²) >= 11 is 3.45. The van der Waals surface area contributed by atoms with Crippen LogP contribution in [-0.2, 0) is 6.42 Å². The minimum Gasteiger partial charge on any atom is -0.396 e. The summed E-state index contributed by atoms with van der Waals surface area (Å²) in [7, 11) is 0. The van der Waals surface area contributed by atoms with Crippen molar-refractivity contribution in [2.45, 2.75) is 6.42 Å². The molecule has 0 fully saturated rings. The van der Waals surface area contributed by atoms with Gasteiger partial charge in [-0.3, -0.25) is 4.98 Å². The molecule has 2 N–H and O–H groups in total. The molecule has 0 saturated heterocycles. The van der Waals surface area contributed by atoms with Gasteiger partial charge in [0.15, 0.2) is 0 Å². The third kappa shape index (κ3) is 1.75. The van der Waals surface area contributed by atoms with Crippen LogP contribution in [-0.4, -0.2) is 11.5 Å². The second-order valence-electron chi connectivity index (χ2n) is 4.23. The Morgan fingerprint density at radius 2 is 2.17 bits per heavy atom. The topological polar surface area (TPSA) is 42.1 Å². The van der Waals surface area contributed by atoms with Crippen molar-refractivity contribution in [2.75, 3.05) is 17.2 Å². The highest BCUT2D eigenvalue weighted by atomic mass is 79.9. The minimum atomic E-state index is -0.232. The zero-order chi connectivity index (χ0) is 12.7. The van der Waals surface area contributed by atoms with Crippen LogP contribution in [0, 0.1) is 5.82 Å². The Hall–Kier alpha value is -1.62. The van der Waals surface area contributed by atoms with Crippen molar-refractivity contribution in [1.82, 2.24) is 4.98 Å². The third-order valence-electron chi connectivity index (χ3n) is 3.11. The molecule has 3 nitrogen and oxygen atoms in total. The zero-order valence-corrected chi connectivity index (χ0v) is 11.1. The molecule has 0 saturated carbocycles. The zero-order valence-electron chi connectivity index (χ0n) is 9.53. The first-order valence-corrected chi connectivity index (χ1v) is 6.41. The Morgan fingerprint density at radius 1 is 1.33 bits per heavy atom. The number of nitrogens with two attached hydrogens (primary N) is 1. The lowest BCUT2D eigenvalue weighted by Crippen LogP contribution is -2.16. The second kappa shape index (κ2) is 4.24. The largest absolute Gasteiger partial charge is 0.396 e. The molecule has 0 amide bonds. The molecule has 5 heteroatoms. The summed E-state index contributed by atoms with van der Waals surface area (Å²) in [5, 5.41) is 0. The number of nitrogens with zero attached hydrogens (tertiary/aromatic N) is 2. The van der Waals surface area contributed by atoms with E-state index in [4.69, 9.17) is 5.73 Å². The first-order chi connectivity index (χ1) is 8.66. The molecule has 0 spiro atoms. The van der Waals surface area contributed by atoms with E-state index in [0.717, 1.165) is 34.4 Å². The summed E-state index contributed by atoms with van der Waals surface area (Å²) < 4.78 is 14.2. The molecule has 3 rings (SSSR count). The Kier molecular flexibility index (Phi) is 2.70. The van der Waals surface area contributed by atoms with Crippen molar-refractivity contribution in [2.24, 2.45) is 0 Å². The Labute approximate surface area is 113 Å². The normalized spacial score (nSPS) is 13.8. The maximum atomic E-state index is 13.4. The molecule has 18 heavy (non-hydrogen) atoms. The molecular formula is C13H11BrFN3. The maximum Gasteiger partial charge on any atom is 0.125 e. The number of halogens is 2. The van der Waals surface area contributed by atoms with Crippen LogP contribution < -0.4 is 10.6 Å². The first kappa shape index (κ1) is 11.5. The SMILES string of the molecule is Nc1cncc(Br)c1N1CCc2ccc(F)cc21. The van der Waals surface area contributed by atoms with E-state index in [9.17, 15) is 4.39 Å². The summed E-state index contributed by atoms with van der Waals surface area (Å²) in [6, 6.07) is 4.87. The predicted molar refractivity (Wildman–Crippen MR) is 73.5 cm³/mol. The van der Waals surface area contributed by atoms with Crippen LogP contribution in [0.2, 0.25) is 0 Å². The van der Waals surface area contributed by atoms with E-state index >= 15 is 0 Å². The van der Waals surface area contributed by atoms with Gasteiger partial charge >= 0.3 is 0 Å². The number of benzene rings is 1. The molecule has 1 aliphatic rings. The number of aromatic nitrogens is 1. The molecule has 0 atom stereocenters. The smallest absolute Gasteiger partial charge is 0.125 e. The van der Waals surface area contributed by atoms with E-state index in [1.165, 1.54) is 6.07 Å². The number of pyridine rings is 1. The van der Waals surface area contributed by atoms with Crippen LogP contribution in [0.25, 0.3) is 0 Å². The van der Waals surface area contributed by atoms with Gasteiger partial charge in [-0.1, -0.05) is 6.07 Å². The Morgan fingerprint density at radius 3 is 2.94 bits per heavy atom. The van der Waals surface area contributed by atoms with E-state index in [-0.39, 0.29) is 5.82 Å². The van der Waals surface area contributed by atoms with Crippen molar-refractivity contribution in [3.8, 4) is 0 Å². The maximum absolute atomic E-state index is 13.4. The number of rotatable bonds is 1. The number of fused-ring (bicyclic) bond motifs is 1. The van der Waals surface area contributed by atoms with Gasteiger partial charge in [0.1, 0.15) is 5.82 Å². The monoisotopic (exact) mass is 307 g/mol. The van der Waals surface area contributed by atoms with Crippen molar-refractivity contribution in [1.29, 1.82) is 0 Å². The Balaban J connectivity index is 2.14. The highest BCUT2D eigenvalue weighted by Crippen LogP contribution is 2.41. The van der Waals surface area contributed by atoms with Gasteiger partial charge in [-0.05, 0) is 40.0 Å². The van der Waals surface area contributed by atoms with Crippen LogP contribution in [0.4, 0.5) is 21.5 Å². The lowest BCUT2D eigenvalue weighted by atomic mass is 10.1. The van der Waals surface area contributed by atoms with Crippen LogP contribution >= 0.6 is 15.9 Å². The fourth-order valence-electron chi connectivity index (χ4n) is 2.31. The van der Waals surface area contributed by atoms with Gasteiger partial charge in [0.05, 0.1) is 22.0 Å². The van der Waals surface area contributed by atoms with Gasteiger partial charge < -0.3 is 10.6 Å². The highest BCUT2D eigenvalue weighted by Gasteiger charge is 2.24. The van der Waals surface area contributed by atoms with Gasteiger partial charge in [0.25, 0.3) is 0 Å². The summed E-state index contributed by atoms with van der Waals surface area (Å²) in [4.78, 5) is 6.04. The van der Waals surface area contributed by atoms with Crippen molar-refractivity contribution in [3.05, 3.63) is 46.4 Å². The molecule has 2 heterocycles. The fourth-order valence-corrected chi connectivity index (χ4v) is 2.87. The van der Waals surface area contributed by atoms with Crippen molar-refractivity contribution >= 4 is 33.0 Å². The molecule has 0 bridgehead atoms. The predicted octanol–water partition coefficient (Wildman–Crippen LogP) is 3.26. The standard InChI is InChI=1S/C13H11BrFN3/c14-10-6-17-7-11(16)13(10)18-4-3-8-1-2-9(15)5-12(8)18/h1-2,5-7H,3-4,16H2. The van der Waals surface area contributed by atoms with Gasteiger partial charge in [-0.2, -0.15) is 0 Å². The van der Waals surface area contributed by atoms with Crippen LogP contribution in [0.15, 0.2) is 35.1 Å². The lowest BCUT2D eigenvalue weighted by Gasteiger charge is -2.22. The fraction of sp³-hybridized carbons (Fsp3) is 0.154. The number of hydrogen-bond acceptors (Lipinski definition) is 3. The average Bonchev–Trinajstić information content (AvgIpc) is 2.72. The Bertz CT molecular complexity index is 595. The van der Waals surface area contributed by atoms with Gasteiger partial charge in [0, 0.05) is 18.4 Å².